The molecule has 0 bridgehead atoms. The molecular weight excluding hydrogens is 240 g/mol. The predicted octanol–water partition coefficient (Wildman–Crippen LogP) is 2.33. The van der Waals surface area contributed by atoms with Crippen molar-refractivity contribution in [3.8, 4) is 5.75 Å². The van der Waals surface area contributed by atoms with E-state index in [2.05, 4.69) is 5.32 Å². The van der Waals surface area contributed by atoms with Gasteiger partial charge in [0.15, 0.2) is 0 Å². The van der Waals surface area contributed by atoms with Crippen LogP contribution in [0.1, 0.15) is 11.6 Å². The molecule has 0 radical (unpaired) electrons. The number of hydrogen-bond donors (Lipinski definition) is 2. The summed E-state index contributed by atoms with van der Waals surface area (Å²) in [4.78, 5) is 11.6. The highest BCUT2D eigenvalue weighted by molar-refractivity contribution is 5.84. The highest BCUT2D eigenvalue weighted by Crippen LogP contribution is 2.21. The Kier molecular flexibility index (Phi) is 4.03. The summed E-state index contributed by atoms with van der Waals surface area (Å²) in [5, 5.41) is 3.12. The summed E-state index contributed by atoms with van der Waals surface area (Å²) in [6.45, 7) is 0. The van der Waals surface area contributed by atoms with Crippen molar-refractivity contribution in [1.82, 2.24) is 0 Å². The summed E-state index contributed by atoms with van der Waals surface area (Å²) < 4.78 is 5.09. The Morgan fingerprint density at radius 2 is 1.74 bits per heavy atom. The molecule has 3 N–H and O–H groups in total. The lowest BCUT2D eigenvalue weighted by molar-refractivity contribution is -0.118. The first-order valence-corrected chi connectivity index (χ1v) is 5.95. The van der Waals surface area contributed by atoms with Crippen LogP contribution in [0.5, 0.6) is 5.75 Å². The highest BCUT2D eigenvalue weighted by atomic mass is 16.5. The number of ether oxygens (including phenoxy) is 1. The molecule has 0 heterocycles. The van der Waals surface area contributed by atoms with Gasteiger partial charge in [-0.1, -0.05) is 30.3 Å². The minimum absolute atomic E-state index is 0.415. The molecule has 0 aliphatic rings. The Balaban J connectivity index is 2.19. The lowest BCUT2D eigenvalue weighted by Gasteiger charge is -2.17. The van der Waals surface area contributed by atoms with E-state index in [1.165, 1.54) is 0 Å². The van der Waals surface area contributed by atoms with Gasteiger partial charge in [0.2, 0.25) is 5.91 Å². The summed E-state index contributed by atoms with van der Waals surface area (Å²) in [7, 11) is 1.61. The molecule has 1 unspecified atom stereocenters. The topological polar surface area (TPSA) is 64.3 Å². The van der Waals surface area contributed by atoms with E-state index in [1.807, 2.05) is 54.6 Å². The Bertz CT molecular complexity index is 538. The number of methoxy groups -OCH3 is 1. The third kappa shape index (κ3) is 3.25. The van der Waals surface area contributed by atoms with E-state index in [1.54, 1.807) is 7.11 Å². The Labute approximate surface area is 112 Å². The average molecular weight is 256 g/mol. The quantitative estimate of drug-likeness (QED) is 0.863. The second-order valence-electron chi connectivity index (χ2n) is 4.12. The molecule has 4 heteroatoms. The zero-order chi connectivity index (χ0) is 13.7. The van der Waals surface area contributed by atoms with Gasteiger partial charge in [-0.25, -0.2) is 0 Å². The fourth-order valence-corrected chi connectivity index (χ4v) is 1.82. The molecule has 19 heavy (non-hydrogen) atoms. The normalized spacial score (nSPS) is 11.6. The van der Waals surface area contributed by atoms with Gasteiger partial charge in [0.25, 0.3) is 0 Å². The van der Waals surface area contributed by atoms with E-state index in [0.717, 1.165) is 17.0 Å². The number of nitrogens with two attached hydrogens (primary N) is 1. The van der Waals surface area contributed by atoms with Crippen LogP contribution < -0.4 is 15.8 Å². The van der Waals surface area contributed by atoms with Crippen molar-refractivity contribution >= 4 is 11.6 Å². The molecule has 2 aromatic carbocycles. The summed E-state index contributed by atoms with van der Waals surface area (Å²) in [5.41, 5.74) is 7.10. The van der Waals surface area contributed by atoms with Gasteiger partial charge in [0.1, 0.15) is 11.8 Å². The number of hydrogen-bond acceptors (Lipinski definition) is 3. The molecule has 0 aliphatic carbocycles. The van der Waals surface area contributed by atoms with E-state index in [4.69, 9.17) is 10.5 Å². The fourth-order valence-electron chi connectivity index (χ4n) is 1.82. The minimum Gasteiger partial charge on any atom is -0.497 e. The van der Waals surface area contributed by atoms with Crippen LogP contribution in [0.15, 0.2) is 54.6 Å². The number of benzene rings is 2. The van der Waals surface area contributed by atoms with Crippen LogP contribution in [0.3, 0.4) is 0 Å². The Morgan fingerprint density at radius 1 is 1.11 bits per heavy atom. The predicted molar refractivity (Wildman–Crippen MR) is 75.0 cm³/mol. The van der Waals surface area contributed by atoms with Crippen LogP contribution in [-0.2, 0) is 4.79 Å². The molecule has 1 amide bonds. The van der Waals surface area contributed by atoms with Crippen molar-refractivity contribution in [3.63, 3.8) is 0 Å². The lowest BCUT2D eigenvalue weighted by atomic mass is 10.1. The van der Waals surface area contributed by atoms with Crippen molar-refractivity contribution in [2.45, 2.75) is 6.04 Å². The number of rotatable bonds is 5. The number of anilines is 1. The number of carbonyl (C=O) groups is 1. The van der Waals surface area contributed by atoms with E-state index in [0.29, 0.717) is 0 Å². The number of amides is 1. The van der Waals surface area contributed by atoms with Gasteiger partial charge in [0, 0.05) is 5.69 Å². The maximum atomic E-state index is 11.6. The van der Waals surface area contributed by atoms with Gasteiger partial charge in [-0.3, -0.25) is 4.79 Å². The van der Waals surface area contributed by atoms with Gasteiger partial charge in [-0.15, -0.1) is 0 Å². The molecule has 2 rings (SSSR count). The second-order valence-corrected chi connectivity index (χ2v) is 4.12. The molecule has 1 atom stereocenters. The molecule has 0 spiro atoms. The molecule has 4 nitrogen and oxygen atoms in total. The summed E-state index contributed by atoms with van der Waals surface area (Å²) in [5.74, 6) is 0.350. The van der Waals surface area contributed by atoms with Crippen molar-refractivity contribution < 1.29 is 9.53 Å². The summed E-state index contributed by atoms with van der Waals surface area (Å²) in [6.07, 6.45) is 0. The SMILES string of the molecule is COc1ccc(NC(C(N)=O)c2ccccc2)cc1. The molecule has 0 saturated carbocycles. The van der Waals surface area contributed by atoms with Crippen molar-refractivity contribution in [2.75, 3.05) is 12.4 Å². The molecule has 2 aromatic rings. The average Bonchev–Trinajstić information content (AvgIpc) is 2.46. The monoisotopic (exact) mass is 256 g/mol. The molecule has 0 fully saturated rings. The molecule has 0 aromatic heterocycles. The molecular formula is C15H16N2O2. The maximum Gasteiger partial charge on any atom is 0.244 e. The highest BCUT2D eigenvalue weighted by Gasteiger charge is 2.16. The van der Waals surface area contributed by atoms with Crippen LogP contribution in [0.2, 0.25) is 0 Å². The van der Waals surface area contributed by atoms with Crippen LogP contribution in [-0.4, -0.2) is 13.0 Å². The van der Waals surface area contributed by atoms with Crippen LogP contribution in [0.4, 0.5) is 5.69 Å². The second kappa shape index (κ2) is 5.91. The number of carbonyl (C=O) groups excluding carboxylic acids is 1. The maximum absolute atomic E-state index is 11.6. The van der Waals surface area contributed by atoms with E-state index in [-0.39, 0.29) is 0 Å². The molecule has 98 valence electrons. The zero-order valence-electron chi connectivity index (χ0n) is 10.7. The van der Waals surface area contributed by atoms with E-state index >= 15 is 0 Å². The van der Waals surface area contributed by atoms with Crippen molar-refractivity contribution in [1.29, 1.82) is 0 Å². The van der Waals surface area contributed by atoms with E-state index < -0.39 is 11.9 Å². The number of nitrogens with one attached hydrogen (secondary N) is 1. The van der Waals surface area contributed by atoms with E-state index in [9.17, 15) is 4.79 Å². The van der Waals surface area contributed by atoms with Crippen molar-refractivity contribution in [3.05, 3.63) is 60.2 Å². The first-order valence-electron chi connectivity index (χ1n) is 5.95. The van der Waals surface area contributed by atoms with Crippen LogP contribution >= 0.6 is 0 Å². The largest absolute Gasteiger partial charge is 0.497 e. The van der Waals surface area contributed by atoms with Gasteiger partial charge in [0.05, 0.1) is 7.11 Å². The number of primary amides is 1. The summed E-state index contributed by atoms with van der Waals surface area (Å²) in [6, 6.07) is 16.2. The Morgan fingerprint density at radius 3 is 2.26 bits per heavy atom. The lowest BCUT2D eigenvalue weighted by Crippen LogP contribution is -2.27. The zero-order valence-corrected chi connectivity index (χ0v) is 10.7. The fraction of sp³-hybridized carbons (Fsp3) is 0.133. The van der Waals surface area contributed by atoms with Crippen LogP contribution in [0, 0.1) is 0 Å². The standard InChI is InChI=1S/C15H16N2O2/c1-19-13-9-7-12(8-10-13)17-14(15(16)18)11-5-3-2-4-6-11/h2-10,14,17H,1H3,(H2,16,18). The van der Waals surface area contributed by atoms with Crippen molar-refractivity contribution in [2.24, 2.45) is 5.73 Å². The first kappa shape index (κ1) is 13.0. The molecule has 0 saturated heterocycles. The first-order chi connectivity index (χ1) is 9.20. The Hall–Kier alpha value is -2.49. The summed E-state index contributed by atoms with van der Waals surface area (Å²) >= 11 is 0. The van der Waals surface area contributed by atoms with Gasteiger partial charge < -0.3 is 15.8 Å². The van der Waals surface area contributed by atoms with Gasteiger partial charge in [-0.2, -0.15) is 0 Å². The third-order valence-corrected chi connectivity index (χ3v) is 2.82. The smallest absolute Gasteiger partial charge is 0.244 e. The van der Waals surface area contributed by atoms with Gasteiger partial charge >= 0.3 is 0 Å². The molecule has 0 aliphatic heterocycles. The minimum atomic E-state index is -0.547. The van der Waals surface area contributed by atoms with Crippen LogP contribution in [0.25, 0.3) is 0 Å². The third-order valence-electron chi connectivity index (χ3n) is 2.82. The van der Waals surface area contributed by atoms with Gasteiger partial charge in [-0.05, 0) is 29.8 Å².